The van der Waals surface area contributed by atoms with Crippen LogP contribution in [0, 0.1) is 0 Å². The number of benzene rings is 2. The van der Waals surface area contributed by atoms with Crippen molar-refractivity contribution in [1.82, 2.24) is 0 Å². The molecule has 0 aromatic heterocycles. The van der Waals surface area contributed by atoms with E-state index in [9.17, 15) is 9.59 Å². The minimum Gasteiger partial charge on any atom is -0.493 e. The third kappa shape index (κ3) is 3.60. The van der Waals surface area contributed by atoms with Crippen molar-refractivity contribution < 1.29 is 19.1 Å². The second kappa shape index (κ2) is 8.02. The van der Waals surface area contributed by atoms with Gasteiger partial charge in [0.25, 0.3) is 11.8 Å². The molecule has 1 saturated heterocycles. The van der Waals surface area contributed by atoms with Gasteiger partial charge in [-0.15, -0.1) is 0 Å². The molecule has 2 heterocycles. The maximum atomic E-state index is 12.8. The molecule has 1 atom stereocenters. The number of para-hydroxylation sites is 1. The van der Waals surface area contributed by atoms with Gasteiger partial charge < -0.3 is 19.7 Å². The molecule has 0 saturated carbocycles. The standard InChI is InChI=1S/C22H24N2O4/c1-2-27-19-7-4-3-6-17(19)21(25)23-16-10-9-15-11-12-24(18(15)14-16)22(26)20-8-5-13-28-20/h3-4,6-7,9-10,14,20H,2,5,8,11-13H2,1H3,(H,23,25). The van der Waals surface area contributed by atoms with Gasteiger partial charge in [-0.1, -0.05) is 18.2 Å². The molecule has 1 fully saturated rings. The normalized spacial score (nSPS) is 18.0. The van der Waals surface area contributed by atoms with Gasteiger partial charge in [-0.05, 0) is 56.0 Å². The molecule has 1 unspecified atom stereocenters. The molecule has 2 aliphatic heterocycles. The van der Waals surface area contributed by atoms with Crippen molar-refractivity contribution in [2.75, 3.05) is 30.0 Å². The highest BCUT2D eigenvalue weighted by Crippen LogP contribution is 2.33. The van der Waals surface area contributed by atoms with Crippen LogP contribution in [0.4, 0.5) is 11.4 Å². The van der Waals surface area contributed by atoms with E-state index in [1.807, 2.05) is 37.3 Å². The molecule has 0 radical (unpaired) electrons. The Balaban J connectivity index is 1.54. The Morgan fingerprint density at radius 2 is 2.11 bits per heavy atom. The first-order chi connectivity index (χ1) is 13.7. The van der Waals surface area contributed by atoms with Gasteiger partial charge in [0.1, 0.15) is 11.9 Å². The largest absolute Gasteiger partial charge is 0.493 e. The molecule has 0 aliphatic carbocycles. The number of anilines is 2. The summed E-state index contributed by atoms with van der Waals surface area (Å²) in [6.45, 7) is 3.67. The number of carbonyl (C=O) groups is 2. The summed E-state index contributed by atoms with van der Waals surface area (Å²) in [6, 6.07) is 12.9. The maximum absolute atomic E-state index is 12.8. The van der Waals surface area contributed by atoms with Gasteiger partial charge in [-0.2, -0.15) is 0 Å². The fraction of sp³-hybridized carbons (Fsp3) is 0.364. The van der Waals surface area contributed by atoms with Crippen molar-refractivity contribution in [2.24, 2.45) is 0 Å². The van der Waals surface area contributed by atoms with Gasteiger partial charge in [0.15, 0.2) is 0 Å². The second-order valence-corrected chi connectivity index (χ2v) is 6.97. The Kier molecular flexibility index (Phi) is 5.30. The van der Waals surface area contributed by atoms with Gasteiger partial charge in [0.2, 0.25) is 0 Å². The quantitative estimate of drug-likeness (QED) is 0.863. The van der Waals surface area contributed by atoms with Gasteiger partial charge >= 0.3 is 0 Å². The molecule has 2 aromatic rings. The zero-order chi connectivity index (χ0) is 19.5. The Hall–Kier alpha value is -2.86. The van der Waals surface area contributed by atoms with Gasteiger partial charge in [-0.3, -0.25) is 9.59 Å². The van der Waals surface area contributed by atoms with Crippen molar-refractivity contribution in [3.63, 3.8) is 0 Å². The lowest BCUT2D eigenvalue weighted by molar-refractivity contribution is -0.127. The van der Waals surface area contributed by atoms with E-state index < -0.39 is 0 Å². The molecule has 2 aliphatic rings. The van der Waals surface area contributed by atoms with E-state index in [1.54, 1.807) is 17.0 Å². The molecular weight excluding hydrogens is 356 g/mol. The lowest BCUT2D eigenvalue weighted by Crippen LogP contribution is -2.37. The highest BCUT2D eigenvalue weighted by molar-refractivity contribution is 6.07. The predicted octanol–water partition coefficient (Wildman–Crippen LogP) is 3.41. The summed E-state index contributed by atoms with van der Waals surface area (Å²) in [4.78, 5) is 27.3. The Morgan fingerprint density at radius 3 is 2.89 bits per heavy atom. The van der Waals surface area contributed by atoms with Crippen molar-refractivity contribution in [3.8, 4) is 5.75 Å². The van der Waals surface area contributed by atoms with E-state index >= 15 is 0 Å². The first-order valence-corrected chi connectivity index (χ1v) is 9.76. The van der Waals surface area contributed by atoms with Crippen LogP contribution in [0.2, 0.25) is 0 Å². The van der Waals surface area contributed by atoms with Crippen molar-refractivity contribution in [1.29, 1.82) is 0 Å². The zero-order valence-electron chi connectivity index (χ0n) is 15.9. The molecule has 146 valence electrons. The van der Waals surface area contributed by atoms with Crippen LogP contribution in [-0.4, -0.2) is 37.7 Å². The van der Waals surface area contributed by atoms with Crippen LogP contribution in [0.15, 0.2) is 42.5 Å². The molecule has 1 N–H and O–H groups in total. The predicted molar refractivity (Wildman–Crippen MR) is 107 cm³/mol. The van der Waals surface area contributed by atoms with Gasteiger partial charge in [0, 0.05) is 24.5 Å². The topological polar surface area (TPSA) is 67.9 Å². The lowest BCUT2D eigenvalue weighted by Gasteiger charge is -2.21. The fourth-order valence-electron chi connectivity index (χ4n) is 3.77. The van der Waals surface area contributed by atoms with Crippen molar-refractivity contribution in [2.45, 2.75) is 32.3 Å². The van der Waals surface area contributed by atoms with Crippen LogP contribution >= 0.6 is 0 Å². The van der Waals surface area contributed by atoms with Crippen LogP contribution in [-0.2, 0) is 16.0 Å². The molecule has 0 bridgehead atoms. The minimum atomic E-state index is -0.345. The highest BCUT2D eigenvalue weighted by Gasteiger charge is 2.32. The van der Waals surface area contributed by atoms with Crippen LogP contribution in [0.5, 0.6) is 5.75 Å². The summed E-state index contributed by atoms with van der Waals surface area (Å²) in [5.41, 5.74) is 3.11. The van der Waals surface area contributed by atoms with E-state index in [0.29, 0.717) is 36.8 Å². The number of carbonyl (C=O) groups excluding carboxylic acids is 2. The van der Waals surface area contributed by atoms with E-state index in [-0.39, 0.29) is 17.9 Å². The number of nitrogens with zero attached hydrogens (tertiary/aromatic N) is 1. The lowest BCUT2D eigenvalue weighted by atomic mass is 10.1. The van der Waals surface area contributed by atoms with Crippen molar-refractivity contribution in [3.05, 3.63) is 53.6 Å². The first-order valence-electron chi connectivity index (χ1n) is 9.76. The SMILES string of the molecule is CCOc1ccccc1C(=O)Nc1ccc2c(c1)N(C(=O)C1CCCO1)CC2. The van der Waals surface area contributed by atoms with Crippen LogP contribution in [0.25, 0.3) is 0 Å². The Bertz CT molecular complexity index is 890. The van der Waals surface area contributed by atoms with Gasteiger partial charge in [0.05, 0.1) is 12.2 Å². The zero-order valence-corrected chi connectivity index (χ0v) is 15.9. The summed E-state index contributed by atoms with van der Waals surface area (Å²) >= 11 is 0. The summed E-state index contributed by atoms with van der Waals surface area (Å²) in [6.07, 6.45) is 2.17. The Morgan fingerprint density at radius 1 is 1.25 bits per heavy atom. The number of amides is 2. The highest BCUT2D eigenvalue weighted by atomic mass is 16.5. The first kappa shape index (κ1) is 18.5. The molecule has 2 amide bonds. The summed E-state index contributed by atoms with van der Waals surface area (Å²) in [7, 11) is 0. The number of rotatable bonds is 5. The third-order valence-electron chi connectivity index (χ3n) is 5.14. The van der Waals surface area contributed by atoms with Crippen LogP contribution in [0.3, 0.4) is 0 Å². The van der Waals surface area contributed by atoms with E-state index in [4.69, 9.17) is 9.47 Å². The third-order valence-corrected chi connectivity index (χ3v) is 5.14. The number of nitrogens with one attached hydrogen (secondary N) is 1. The average molecular weight is 380 g/mol. The van der Waals surface area contributed by atoms with E-state index in [0.717, 1.165) is 30.5 Å². The molecule has 6 heteroatoms. The fourth-order valence-corrected chi connectivity index (χ4v) is 3.77. The minimum absolute atomic E-state index is 0.0152. The van der Waals surface area contributed by atoms with Gasteiger partial charge in [-0.25, -0.2) is 0 Å². The molecule has 4 rings (SSSR count). The molecular formula is C22H24N2O4. The number of ether oxygens (including phenoxy) is 2. The second-order valence-electron chi connectivity index (χ2n) is 6.97. The van der Waals surface area contributed by atoms with Crippen molar-refractivity contribution >= 4 is 23.2 Å². The molecule has 2 aromatic carbocycles. The maximum Gasteiger partial charge on any atom is 0.259 e. The van der Waals surface area contributed by atoms with E-state index in [2.05, 4.69) is 5.32 Å². The molecule has 6 nitrogen and oxygen atoms in total. The Labute approximate surface area is 164 Å². The average Bonchev–Trinajstić information content (AvgIpc) is 3.38. The summed E-state index contributed by atoms with van der Waals surface area (Å²) in [5, 5.41) is 2.93. The summed E-state index contributed by atoms with van der Waals surface area (Å²) in [5.74, 6) is 0.333. The number of hydrogen-bond donors (Lipinski definition) is 1. The number of hydrogen-bond acceptors (Lipinski definition) is 4. The van der Waals surface area contributed by atoms with Crippen LogP contribution in [0.1, 0.15) is 35.7 Å². The molecule has 28 heavy (non-hydrogen) atoms. The monoisotopic (exact) mass is 380 g/mol. The summed E-state index contributed by atoms with van der Waals surface area (Å²) < 4.78 is 11.1. The van der Waals surface area contributed by atoms with Crippen LogP contribution < -0.4 is 15.0 Å². The smallest absolute Gasteiger partial charge is 0.259 e. The van der Waals surface area contributed by atoms with E-state index in [1.165, 1.54) is 0 Å². The molecule has 0 spiro atoms. The number of fused-ring (bicyclic) bond motifs is 1.